The highest BCUT2D eigenvalue weighted by Gasteiger charge is 2.48. The number of anilines is 1. The number of ether oxygens (including phenoxy) is 2. The molecule has 1 atom stereocenters. The van der Waals surface area contributed by atoms with E-state index in [1.165, 1.54) is 38.5 Å². The van der Waals surface area contributed by atoms with Crippen molar-refractivity contribution in [2.45, 2.75) is 6.04 Å². The Balaban J connectivity index is 1.79. The van der Waals surface area contributed by atoms with E-state index in [9.17, 15) is 28.6 Å². The van der Waals surface area contributed by atoms with Crippen molar-refractivity contribution in [1.29, 1.82) is 0 Å². The fourth-order valence-electron chi connectivity index (χ4n) is 4.27. The first-order valence-electron chi connectivity index (χ1n) is 10.8. The van der Waals surface area contributed by atoms with Gasteiger partial charge >= 0.3 is 5.91 Å². The number of carbonyl (C=O) groups is 2. The zero-order chi connectivity index (χ0) is 26.4. The number of aromatic hydroxyl groups is 1. The van der Waals surface area contributed by atoms with Gasteiger partial charge in [-0.3, -0.25) is 14.5 Å². The van der Waals surface area contributed by atoms with Crippen LogP contribution in [0.3, 0.4) is 0 Å². The predicted molar refractivity (Wildman–Crippen MR) is 132 cm³/mol. The summed E-state index contributed by atoms with van der Waals surface area (Å²) in [5.74, 6) is -4.07. The van der Waals surface area contributed by atoms with Crippen LogP contribution in [0.4, 0.5) is 13.9 Å². The van der Waals surface area contributed by atoms with Crippen LogP contribution < -0.4 is 14.4 Å². The molecule has 1 aliphatic rings. The van der Waals surface area contributed by atoms with Gasteiger partial charge in [0.15, 0.2) is 10.9 Å². The van der Waals surface area contributed by atoms with E-state index in [0.717, 1.165) is 22.3 Å². The number of aliphatic hydroxyl groups excluding tert-OH is 1. The number of fused-ring (bicyclic) bond motifs is 1. The van der Waals surface area contributed by atoms with E-state index in [4.69, 9.17) is 9.47 Å². The Bertz CT molecular complexity index is 1580. The molecule has 0 spiro atoms. The maximum atomic E-state index is 14.4. The van der Waals surface area contributed by atoms with Gasteiger partial charge in [0.1, 0.15) is 39.9 Å². The predicted octanol–water partition coefficient (Wildman–Crippen LogP) is 4.92. The maximum Gasteiger partial charge on any atom is 0.301 e. The number of phenols is 1. The SMILES string of the molecule is COc1cccc(OC)c1/C(O)=C1\C(=O)C(=O)N(c2nc3c(F)cc(F)cc3s2)C1c1ccc(O)cc1. The van der Waals surface area contributed by atoms with Crippen LogP contribution in [0.5, 0.6) is 17.2 Å². The van der Waals surface area contributed by atoms with Gasteiger partial charge in [0.05, 0.1) is 30.5 Å². The molecule has 8 nitrogen and oxygen atoms in total. The smallest absolute Gasteiger partial charge is 0.301 e. The summed E-state index contributed by atoms with van der Waals surface area (Å²) in [5.41, 5.74) is -0.0754. The molecule has 0 radical (unpaired) electrons. The van der Waals surface area contributed by atoms with Crippen LogP contribution in [0, 0.1) is 11.6 Å². The number of carbonyl (C=O) groups excluding carboxylic acids is 2. The van der Waals surface area contributed by atoms with Crippen molar-refractivity contribution in [3.05, 3.63) is 82.9 Å². The van der Waals surface area contributed by atoms with Gasteiger partial charge in [0, 0.05) is 6.07 Å². The van der Waals surface area contributed by atoms with E-state index < -0.39 is 35.1 Å². The van der Waals surface area contributed by atoms with Crippen molar-refractivity contribution in [3.63, 3.8) is 0 Å². The van der Waals surface area contributed by atoms with E-state index in [-0.39, 0.29) is 43.7 Å². The molecule has 1 amide bonds. The van der Waals surface area contributed by atoms with Gasteiger partial charge in [-0.1, -0.05) is 29.5 Å². The number of nitrogens with zero attached hydrogens (tertiary/aromatic N) is 2. The second kappa shape index (κ2) is 9.17. The summed E-state index contributed by atoms with van der Waals surface area (Å²) in [5, 5.41) is 21.2. The summed E-state index contributed by atoms with van der Waals surface area (Å²) in [6.07, 6.45) is 0. The fourth-order valence-corrected chi connectivity index (χ4v) is 5.30. The van der Waals surface area contributed by atoms with Gasteiger partial charge in [-0.05, 0) is 35.9 Å². The lowest BCUT2D eigenvalue weighted by Gasteiger charge is -2.23. The molecule has 1 aromatic heterocycles. The van der Waals surface area contributed by atoms with Gasteiger partial charge < -0.3 is 19.7 Å². The molecular weight excluding hydrogens is 506 g/mol. The van der Waals surface area contributed by atoms with Crippen LogP contribution in [0.2, 0.25) is 0 Å². The third-order valence-corrected chi connectivity index (χ3v) is 6.93. The number of benzene rings is 3. The Morgan fingerprint density at radius 3 is 2.30 bits per heavy atom. The van der Waals surface area contributed by atoms with Gasteiger partial charge in [-0.2, -0.15) is 0 Å². The van der Waals surface area contributed by atoms with E-state index >= 15 is 0 Å². The average molecular weight is 525 g/mol. The minimum atomic E-state index is -1.22. The lowest BCUT2D eigenvalue weighted by atomic mass is 9.94. The number of aliphatic hydroxyl groups is 1. The zero-order valence-corrected chi connectivity index (χ0v) is 20.2. The molecule has 5 rings (SSSR count). The largest absolute Gasteiger partial charge is 0.508 e. The Labute approximate surface area is 212 Å². The number of halogens is 2. The van der Waals surface area contributed by atoms with E-state index in [1.807, 2.05) is 0 Å². The highest BCUT2D eigenvalue weighted by atomic mass is 32.1. The minimum Gasteiger partial charge on any atom is -0.508 e. The lowest BCUT2D eigenvalue weighted by molar-refractivity contribution is -0.132. The molecule has 4 aromatic rings. The van der Waals surface area contributed by atoms with Crippen molar-refractivity contribution in [2.24, 2.45) is 0 Å². The molecule has 1 saturated heterocycles. The number of Topliss-reactive ketones (excluding diaryl/α,β-unsaturated/α-hetero) is 1. The number of amides is 1. The minimum absolute atomic E-state index is 0.0479. The van der Waals surface area contributed by atoms with Crippen LogP contribution >= 0.6 is 11.3 Å². The number of hydrogen-bond acceptors (Lipinski definition) is 8. The van der Waals surface area contributed by atoms with Crippen LogP contribution in [0.25, 0.3) is 16.0 Å². The Morgan fingerprint density at radius 1 is 1.03 bits per heavy atom. The first kappa shape index (κ1) is 24.2. The third kappa shape index (κ3) is 3.93. The Morgan fingerprint density at radius 2 is 1.68 bits per heavy atom. The molecule has 1 unspecified atom stereocenters. The molecule has 11 heteroatoms. The zero-order valence-electron chi connectivity index (χ0n) is 19.4. The molecule has 0 saturated carbocycles. The maximum absolute atomic E-state index is 14.4. The van der Waals surface area contributed by atoms with Crippen molar-refractivity contribution in [2.75, 3.05) is 19.1 Å². The number of phenolic OH excluding ortho intramolecular Hbond substituents is 1. The molecule has 1 aliphatic heterocycles. The van der Waals surface area contributed by atoms with Crippen LogP contribution in [0.15, 0.2) is 60.2 Å². The summed E-state index contributed by atoms with van der Waals surface area (Å²) in [6, 6.07) is 10.9. The molecule has 188 valence electrons. The fraction of sp³-hybridized carbons (Fsp3) is 0.115. The summed E-state index contributed by atoms with van der Waals surface area (Å²) in [7, 11) is 2.74. The van der Waals surface area contributed by atoms with Crippen LogP contribution in [-0.4, -0.2) is 41.1 Å². The molecule has 0 aliphatic carbocycles. The number of methoxy groups -OCH3 is 2. The molecule has 3 aromatic carbocycles. The molecular formula is C26H18F2N2O6S. The van der Waals surface area contributed by atoms with Gasteiger partial charge in [-0.25, -0.2) is 13.8 Å². The van der Waals surface area contributed by atoms with Gasteiger partial charge in [-0.15, -0.1) is 0 Å². The van der Waals surface area contributed by atoms with Crippen molar-refractivity contribution < 1.29 is 38.1 Å². The molecule has 2 N–H and O–H groups in total. The van der Waals surface area contributed by atoms with Crippen LogP contribution in [0.1, 0.15) is 17.2 Å². The van der Waals surface area contributed by atoms with Crippen LogP contribution in [-0.2, 0) is 9.59 Å². The number of aromatic nitrogens is 1. The average Bonchev–Trinajstić information content (AvgIpc) is 3.42. The quantitative estimate of drug-likeness (QED) is 0.217. The second-order valence-electron chi connectivity index (χ2n) is 8.03. The third-order valence-electron chi connectivity index (χ3n) is 5.93. The number of hydrogen-bond donors (Lipinski definition) is 2. The van der Waals surface area contributed by atoms with Gasteiger partial charge in [0.2, 0.25) is 0 Å². The molecule has 2 heterocycles. The standard InChI is InChI=1S/C26H18F2N2O6S/c1-35-16-4-3-5-17(36-2)19(16)23(32)20-22(12-6-8-14(31)9-7-12)30(25(34)24(20)33)26-29-21-15(28)10-13(27)11-18(21)37-26/h3-11,22,31-32H,1-2H3/b23-20+. The summed E-state index contributed by atoms with van der Waals surface area (Å²) >= 11 is 0.814. The second-order valence-corrected chi connectivity index (χ2v) is 9.04. The van der Waals surface area contributed by atoms with Crippen molar-refractivity contribution in [3.8, 4) is 17.2 Å². The monoisotopic (exact) mass is 524 g/mol. The lowest BCUT2D eigenvalue weighted by Crippen LogP contribution is -2.29. The first-order chi connectivity index (χ1) is 17.7. The van der Waals surface area contributed by atoms with Gasteiger partial charge in [0.25, 0.3) is 5.78 Å². The number of thiazole rings is 1. The van der Waals surface area contributed by atoms with Crippen molar-refractivity contribution in [1.82, 2.24) is 4.98 Å². The van der Waals surface area contributed by atoms with E-state index in [0.29, 0.717) is 11.6 Å². The first-order valence-corrected chi connectivity index (χ1v) is 11.6. The Hall–Kier alpha value is -4.51. The number of rotatable bonds is 5. The van der Waals surface area contributed by atoms with E-state index in [1.54, 1.807) is 18.2 Å². The molecule has 37 heavy (non-hydrogen) atoms. The molecule has 1 fully saturated rings. The Kier molecular flexibility index (Phi) is 6.00. The molecule has 0 bridgehead atoms. The normalized spacial score (nSPS) is 17.0. The summed E-state index contributed by atoms with van der Waals surface area (Å²) in [4.78, 5) is 31.9. The summed E-state index contributed by atoms with van der Waals surface area (Å²) < 4.78 is 39.1. The number of ketones is 1. The topological polar surface area (TPSA) is 109 Å². The summed E-state index contributed by atoms with van der Waals surface area (Å²) in [6.45, 7) is 0. The highest BCUT2D eigenvalue weighted by molar-refractivity contribution is 7.22. The van der Waals surface area contributed by atoms with E-state index in [2.05, 4.69) is 4.98 Å². The van der Waals surface area contributed by atoms with Crippen molar-refractivity contribution >= 4 is 44.1 Å². The highest BCUT2D eigenvalue weighted by Crippen LogP contribution is 2.46.